The summed E-state index contributed by atoms with van der Waals surface area (Å²) in [6.45, 7) is 0. The first kappa shape index (κ1) is 11.7. The quantitative estimate of drug-likeness (QED) is 0.941. The standard InChI is InChI=1S/C8H5BrClNO4S/c9-15-16(12,13)14-8-7(10)5-3-1-2-4-6(5)11-8/h1-4,11H. The van der Waals surface area contributed by atoms with Gasteiger partial charge in [0, 0.05) is 10.9 Å². The maximum atomic E-state index is 11.0. The molecule has 0 aliphatic rings. The van der Waals surface area contributed by atoms with Crippen molar-refractivity contribution in [1.82, 2.24) is 4.98 Å². The fourth-order valence-electron chi connectivity index (χ4n) is 1.26. The molecule has 1 aromatic heterocycles. The van der Waals surface area contributed by atoms with Crippen molar-refractivity contribution in [2.24, 2.45) is 0 Å². The predicted octanol–water partition coefficient (Wildman–Crippen LogP) is 2.77. The Morgan fingerprint density at radius 1 is 1.31 bits per heavy atom. The van der Waals surface area contributed by atoms with Crippen LogP contribution in [-0.2, 0) is 13.7 Å². The minimum absolute atomic E-state index is 0.0812. The van der Waals surface area contributed by atoms with E-state index in [0.717, 1.165) is 0 Å². The number of nitrogens with one attached hydrogen (secondary N) is 1. The van der Waals surface area contributed by atoms with E-state index in [1.165, 1.54) is 0 Å². The molecule has 2 aromatic rings. The lowest BCUT2D eigenvalue weighted by Gasteiger charge is -1.99. The fourth-order valence-corrected chi connectivity index (χ4v) is 2.07. The van der Waals surface area contributed by atoms with Gasteiger partial charge in [-0.25, -0.2) is 0 Å². The molecule has 16 heavy (non-hydrogen) atoms. The first-order chi connectivity index (χ1) is 7.53. The van der Waals surface area contributed by atoms with Gasteiger partial charge in [0.1, 0.15) is 21.3 Å². The van der Waals surface area contributed by atoms with E-state index in [-0.39, 0.29) is 10.9 Å². The van der Waals surface area contributed by atoms with Crippen LogP contribution in [0.3, 0.4) is 0 Å². The van der Waals surface area contributed by atoms with Gasteiger partial charge in [-0.05, 0) is 6.07 Å². The molecule has 0 unspecified atom stereocenters. The average molecular weight is 327 g/mol. The number of hydrogen-bond acceptors (Lipinski definition) is 4. The van der Waals surface area contributed by atoms with Gasteiger partial charge in [-0.15, -0.1) is 0 Å². The van der Waals surface area contributed by atoms with Crippen LogP contribution in [0.2, 0.25) is 5.02 Å². The lowest BCUT2D eigenvalue weighted by Crippen LogP contribution is -2.08. The smallest absolute Gasteiger partial charge is 0.341 e. The zero-order chi connectivity index (χ0) is 11.8. The molecule has 1 N–H and O–H groups in total. The van der Waals surface area contributed by atoms with Gasteiger partial charge in [0.05, 0.1) is 0 Å². The molecule has 0 atom stereocenters. The Bertz CT molecular complexity index is 624. The highest BCUT2D eigenvalue weighted by atomic mass is 79.9. The summed E-state index contributed by atoms with van der Waals surface area (Å²) in [7, 11) is -4.14. The first-order valence-corrected chi connectivity index (χ1v) is 6.40. The Balaban J connectivity index is 2.50. The minimum atomic E-state index is -4.14. The van der Waals surface area contributed by atoms with Gasteiger partial charge in [0.15, 0.2) is 0 Å². The second-order valence-corrected chi connectivity index (χ2v) is 5.15. The lowest BCUT2D eigenvalue weighted by atomic mass is 10.2. The largest absolute Gasteiger partial charge is 0.461 e. The third kappa shape index (κ3) is 2.17. The van der Waals surface area contributed by atoms with Crippen LogP contribution in [0.15, 0.2) is 24.3 Å². The molecule has 5 nitrogen and oxygen atoms in total. The van der Waals surface area contributed by atoms with Crippen LogP contribution in [0.1, 0.15) is 0 Å². The third-order valence-corrected chi connectivity index (χ3v) is 3.75. The number of hydrogen-bond donors (Lipinski definition) is 1. The first-order valence-electron chi connectivity index (χ1n) is 4.04. The Morgan fingerprint density at radius 3 is 2.62 bits per heavy atom. The van der Waals surface area contributed by atoms with E-state index < -0.39 is 10.4 Å². The summed E-state index contributed by atoms with van der Waals surface area (Å²) in [5, 5.41) is 0.854. The third-order valence-electron chi connectivity index (χ3n) is 1.87. The van der Waals surface area contributed by atoms with E-state index in [9.17, 15) is 8.42 Å². The minimum Gasteiger partial charge on any atom is -0.341 e. The van der Waals surface area contributed by atoms with Crippen LogP contribution in [0.4, 0.5) is 0 Å². The van der Waals surface area contributed by atoms with Crippen LogP contribution in [0, 0.1) is 0 Å². The molecule has 8 heteroatoms. The average Bonchev–Trinajstić information content (AvgIpc) is 2.56. The number of aromatic amines is 1. The SMILES string of the molecule is O=S(=O)(OBr)Oc1[nH]c2ccccc2c1Cl. The van der Waals surface area contributed by atoms with Crippen molar-refractivity contribution in [2.45, 2.75) is 0 Å². The topological polar surface area (TPSA) is 68.4 Å². The summed E-state index contributed by atoms with van der Waals surface area (Å²) in [5.41, 5.74) is 0.673. The summed E-state index contributed by atoms with van der Waals surface area (Å²) in [4.78, 5) is 2.72. The number of fused-ring (bicyclic) bond motifs is 1. The fraction of sp³-hybridized carbons (Fsp3) is 0. The molecule has 1 aromatic carbocycles. The van der Waals surface area contributed by atoms with Crippen LogP contribution in [0.5, 0.6) is 5.88 Å². The van der Waals surface area contributed by atoms with Gasteiger partial charge in [-0.3, -0.25) is 0 Å². The molecule has 0 spiro atoms. The maximum absolute atomic E-state index is 11.0. The molecule has 0 amide bonds. The van der Waals surface area contributed by atoms with Gasteiger partial charge < -0.3 is 9.17 Å². The van der Waals surface area contributed by atoms with Crippen molar-refractivity contribution in [1.29, 1.82) is 0 Å². The van der Waals surface area contributed by atoms with Crippen LogP contribution >= 0.6 is 27.9 Å². The Hall–Kier alpha value is -0.760. The molecule has 1 heterocycles. The van der Waals surface area contributed by atoms with Crippen molar-refractivity contribution >= 4 is 49.2 Å². The highest BCUT2D eigenvalue weighted by molar-refractivity contribution is 9.06. The zero-order valence-electron chi connectivity index (χ0n) is 7.61. The summed E-state index contributed by atoms with van der Waals surface area (Å²) in [5.74, 6) is -0.0812. The van der Waals surface area contributed by atoms with Gasteiger partial charge >= 0.3 is 10.4 Å². The highest BCUT2D eigenvalue weighted by Crippen LogP contribution is 2.33. The molecule has 0 saturated carbocycles. The maximum Gasteiger partial charge on any atom is 0.461 e. The molecule has 86 valence electrons. The van der Waals surface area contributed by atoms with Crippen molar-refractivity contribution in [3.8, 4) is 5.88 Å². The number of halogens is 2. The number of para-hydroxylation sites is 1. The molecule has 2 rings (SSSR count). The number of aromatic nitrogens is 1. The summed E-state index contributed by atoms with van der Waals surface area (Å²) < 4.78 is 30.6. The molecule has 0 bridgehead atoms. The molecule has 0 fully saturated rings. The molecule has 0 saturated heterocycles. The molecule has 0 aliphatic carbocycles. The van der Waals surface area contributed by atoms with Gasteiger partial charge in [0.2, 0.25) is 5.88 Å². The van der Waals surface area contributed by atoms with Crippen molar-refractivity contribution in [3.05, 3.63) is 29.3 Å². The van der Waals surface area contributed by atoms with Crippen molar-refractivity contribution < 1.29 is 15.9 Å². The van der Waals surface area contributed by atoms with E-state index in [1.807, 2.05) is 0 Å². The normalized spacial score (nSPS) is 11.9. The summed E-state index contributed by atoms with van der Waals surface area (Å²) >= 11 is 8.26. The van der Waals surface area contributed by atoms with E-state index >= 15 is 0 Å². The van der Waals surface area contributed by atoms with Gasteiger partial charge in [-0.1, -0.05) is 29.8 Å². The van der Waals surface area contributed by atoms with Crippen LogP contribution in [0.25, 0.3) is 10.9 Å². The van der Waals surface area contributed by atoms with Crippen molar-refractivity contribution in [3.63, 3.8) is 0 Å². The van der Waals surface area contributed by atoms with E-state index in [1.54, 1.807) is 24.3 Å². The molecular formula is C8H5BrClNO4S. The summed E-state index contributed by atoms with van der Waals surface area (Å²) in [6, 6.07) is 7.05. The Morgan fingerprint density at radius 2 is 2.00 bits per heavy atom. The molecule has 0 radical (unpaired) electrons. The van der Waals surface area contributed by atoms with E-state index in [4.69, 9.17) is 11.6 Å². The van der Waals surface area contributed by atoms with Crippen LogP contribution < -0.4 is 4.18 Å². The van der Waals surface area contributed by atoms with Gasteiger partial charge in [-0.2, -0.15) is 11.7 Å². The van der Waals surface area contributed by atoms with E-state index in [2.05, 4.69) is 28.7 Å². The lowest BCUT2D eigenvalue weighted by molar-refractivity contribution is 0.414. The molecule has 0 aliphatic heterocycles. The van der Waals surface area contributed by atoms with Gasteiger partial charge in [0.25, 0.3) is 0 Å². The highest BCUT2D eigenvalue weighted by Gasteiger charge is 2.18. The number of H-pyrrole nitrogens is 1. The second-order valence-electron chi connectivity index (χ2n) is 2.87. The molecular weight excluding hydrogens is 322 g/mol. The van der Waals surface area contributed by atoms with Crippen molar-refractivity contribution in [2.75, 3.05) is 0 Å². The number of rotatable bonds is 3. The van der Waals surface area contributed by atoms with Crippen LogP contribution in [-0.4, -0.2) is 13.4 Å². The second kappa shape index (κ2) is 4.25. The predicted molar refractivity (Wildman–Crippen MR) is 62.9 cm³/mol. The number of benzene rings is 1. The zero-order valence-corrected chi connectivity index (χ0v) is 10.8. The monoisotopic (exact) mass is 325 g/mol. The Labute approximate surface area is 105 Å². The summed E-state index contributed by atoms with van der Waals surface area (Å²) in [6.07, 6.45) is 0. The Kier molecular flexibility index (Phi) is 3.11. The van der Waals surface area contributed by atoms with E-state index in [0.29, 0.717) is 10.9 Å².